The van der Waals surface area contributed by atoms with Gasteiger partial charge in [-0.1, -0.05) is 60.7 Å². The first-order valence-corrected chi connectivity index (χ1v) is 8.17. The monoisotopic (exact) mass is 308 g/mol. The highest BCUT2D eigenvalue weighted by Crippen LogP contribution is 2.10. The van der Waals surface area contributed by atoms with E-state index in [1.54, 1.807) is 0 Å². The zero-order valence-corrected chi connectivity index (χ0v) is 13.5. The molecular formula is C20H24N2O. The fourth-order valence-electron chi connectivity index (χ4n) is 2.36. The molecule has 2 aromatic rings. The summed E-state index contributed by atoms with van der Waals surface area (Å²) in [4.78, 5) is 10.3. The van der Waals surface area contributed by atoms with Crippen LogP contribution in [0.2, 0.25) is 0 Å². The summed E-state index contributed by atoms with van der Waals surface area (Å²) in [6.45, 7) is 1.58. The van der Waals surface area contributed by atoms with E-state index in [1.165, 1.54) is 11.1 Å². The summed E-state index contributed by atoms with van der Waals surface area (Å²) < 4.78 is 0. The molecule has 23 heavy (non-hydrogen) atoms. The van der Waals surface area contributed by atoms with E-state index < -0.39 is 0 Å². The van der Waals surface area contributed by atoms with Crippen LogP contribution in [-0.2, 0) is 17.9 Å². The van der Waals surface area contributed by atoms with Gasteiger partial charge < -0.3 is 4.79 Å². The molecule has 0 fully saturated rings. The Morgan fingerprint density at radius 2 is 1.30 bits per heavy atom. The molecule has 0 saturated carbocycles. The van der Waals surface area contributed by atoms with E-state index in [4.69, 9.17) is 0 Å². The second kappa shape index (κ2) is 10.3. The molecule has 2 rings (SSSR count). The van der Waals surface area contributed by atoms with Crippen molar-refractivity contribution < 1.29 is 4.79 Å². The van der Waals surface area contributed by atoms with Crippen molar-refractivity contribution in [1.82, 2.24) is 5.01 Å². The highest BCUT2D eigenvalue weighted by Gasteiger charge is 2.03. The highest BCUT2D eigenvalue weighted by atomic mass is 16.1. The number of carbonyl (C=O) groups excluding carboxylic acids is 1. The number of hydrogen-bond donors (Lipinski definition) is 0. The first-order chi connectivity index (χ1) is 11.4. The molecular weight excluding hydrogens is 284 g/mol. The summed E-state index contributed by atoms with van der Waals surface area (Å²) in [7, 11) is 0. The summed E-state index contributed by atoms with van der Waals surface area (Å²) in [5.74, 6) is 0. The Kier molecular flexibility index (Phi) is 7.61. The van der Waals surface area contributed by atoms with Gasteiger partial charge in [-0.3, -0.25) is 5.01 Å². The number of nitrogens with zero attached hydrogens (tertiary/aromatic N) is 2. The molecule has 0 atom stereocenters. The molecule has 2 aromatic carbocycles. The van der Waals surface area contributed by atoms with Crippen molar-refractivity contribution in [2.45, 2.75) is 38.8 Å². The number of unbranched alkanes of at least 4 members (excludes halogenated alkanes) is 3. The lowest BCUT2D eigenvalue weighted by molar-refractivity contribution is -0.107. The third kappa shape index (κ3) is 6.92. The maximum absolute atomic E-state index is 10.3. The van der Waals surface area contributed by atoms with Crippen LogP contribution in [0.15, 0.2) is 65.8 Å². The number of aldehydes is 1. The number of carbonyl (C=O) groups is 1. The van der Waals surface area contributed by atoms with Crippen molar-refractivity contribution in [3.63, 3.8) is 0 Å². The normalized spacial score (nSPS) is 10.8. The largest absolute Gasteiger partial charge is 0.303 e. The molecule has 0 amide bonds. The Hall–Kier alpha value is -2.42. The van der Waals surface area contributed by atoms with Gasteiger partial charge in [-0.25, -0.2) is 0 Å². The first-order valence-electron chi connectivity index (χ1n) is 8.17. The average Bonchev–Trinajstić information content (AvgIpc) is 2.60. The highest BCUT2D eigenvalue weighted by molar-refractivity contribution is 5.56. The SMILES string of the molecule is O=CCCCCC=NN(Cc1ccccc1)Cc1ccccc1. The average molecular weight is 308 g/mol. The van der Waals surface area contributed by atoms with Gasteiger partial charge in [0.1, 0.15) is 6.29 Å². The van der Waals surface area contributed by atoms with E-state index in [0.717, 1.165) is 38.6 Å². The second-order valence-corrected chi connectivity index (χ2v) is 5.54. The van der Waals surface area contributed by atoms with E-state index in [0.29, 0.717) is 6.42 Å². The minimum absolute atomic E-state index is 0.644. The fourth-order valence-corrected chi connectivity index (χ4v) is 2.36. The van der Waals surface area contributed by atoms with Crippen molar-refractivity contribution in [3.8, 4) is 0 Å². The Morgan fingerprint density at radius 3 is 1.83 bits per heavy atom. The summed E-state index contributed by atoms with van der Waals surface area (Å²) in [5, 5.41) is 6.72. The number of rotatable bonds is 10. The van der Waals surface area contributed by atoms with Crippen LogP contribution in [0, 0.1) is 0 Å². The molecule has 0 unspecified atom stereocenters. The summed E-state index contributed by atoms with van der Waals surface area (Å²) >= 11 is 0. The molecule has 0 aliphatic heterocycles. The van der Waals surface area contributed by atoms with Crippen LogP contribution < -0.4 is 0 Å². The van der Waals surface area contributed by atoms with Crippen LogP contribution in [0.3, 0.4) is 0 Å². The quantitative estimate of drug-likeness (QED) is 0.281. The predicted octanol–water partition coefficient (Wildman–Crippen LogP) is 4.43. The molecule has 3 heteroatoms. The van der Waals surface area contributed by atoms with Crippen molar-refractivity contribution in [3.05, 3.63) is 71.8 Å². The van der Waals surface area contributed by atoms with Crippen molar-refractivity contribution in [2.75, 3.05) is 0 Å². The van der Waals surface area contributed by atoms with Gasteiger partial charge in [-0.15, -0.1) is 0 Å². The molecule has 0 bridgehead atoms. The number of hydrazone groups is 1. The molecule has 0 aliphatic carbocycles. The van der Waals surface area contributed by atoms with Crippen LogP contribution in [-0.4, -0.2) is 17.5 Å². The van der Waals surface area contributed by atoms with Gasteiger partial charge in [0.25, 0.3) is 0 Å². The smallest absolute Gasteiger partial charge is 0.119 e. The lowest BCUT2D eigenvalue weighted by atomic mass is 10.2. The van der Waals surface area contributed by atoms with Crippen molar-refractivity contribution in [2.24, 2.45) is 5.10 Å². The molecule has 0 saturated heterocycles. The Morgan fingerprint density at radius 1 is 0.783 bits per heavy atom. The van der Waals surface area contributed by atoms with Crippen molar-refractivity contribution >= 4 is 12.5 Å². The predicted molar refractivity (Wildman–Crippen MR) is 95.2 cm³/mol. The molecule has 0 spiro atoms. The van der Waals surface area contributed by atoms with Gasteiger partial charge in [0.15, 0.2) is 0 Å². The maximum Gasteiger partial charge on any atom is 0.119 e. The van der Waals surface area contributed by atoms with Gasteiger partial charge >= 0.3 is 0 Å². The fraction of sp³-hybridized carbons (Fsp3) is 0.300. The van der Waals surface area contributed by atoms with Crippen molar-refractivity contribution in [1.29, 1.82) is 0 Å². The number of benzene rings is 2. The molecule has 0 radical (unpaired) electrons. The topological polar surface area (TPSA) is 32.7 Å². The zero-order valence-electron chi connectivity index (χ0n) is 13.5. The first kappa shape index (κ1) is 16.9. The summed E-state index contributed by atoms with van der Waals surface area (Å²) in [6, 6.07) is 20.8. The lowest BCUT2D eigenvalue weighted by Crippen LogP contribution is -2.16. The number of hydrogen-bond acceptors (Lipinski definition) is 3. The van der Waals surface area contributed by atoms with Gasteiger partial charge in [0, 0.05) is 12.6 Å². The van der Waals surface area contributed by atoms with Gasteiger partial charge in [-0.05, 0) is 30.4 Å². The van der Waals surface area contributed by atoms with E-state index in [1.807, 2.05) is 18.3 Å². The van der Waals surface area contributed by atoms with Crippen LogP contribution in [0.25, 0.3) is 0 Å². The van der Waals surface area contributed by atoms with E-state index in [-0.39, 0.29) is 0 Å². The third-order valence-electron chi connectivity index (χ3n) is 3.57. The van der Waals surface area contributed by atoms with E-state index >= 15 is 0 Å². The maximum atomic E-state index is 10.3. The summed E-state index contributed by atoms with van der Waals surface area (Å²) in [5.41, 5.74) is 2.50. The zero-order chi connectivity index (χ0) is 16.2. The molecule has 0 aliphatic rings. The van der Waals surface area contributed by atoms with Gasteiger partial charge in [0.2, 0.25) is 0 Å². The van der Waals surface area contributed by atoms with Gasteiger partial charge in [0.05, 0.1) is 13.1 Å². The minimum atomic E-state index is 0.644. The lowest BCUT2D eigenvalue weighted by Gasteiger charge is -2.19. The molecule has 0 heterocycles. The molecule has 3 nitrogen and oxygen atoms in total. The summed E-state index contributed by atoms with van der Waals surface area (Å²) in [6.07, 6.45) is 6.45. The molecule has 0 aromatic heterocycles. The molecule has 0 N–H and O–H groups in total. The minimum Gasteiger partial charge on any atom is -0.303 e. The third-order valence-corrected chi connectivity index (χ3v) is 3.57. The van der Waals surface area contributed by atoms with Crippen LogP contribution >= 0.6 is 0 Å². The van der Waals surface area contributed by atoms with Crippen LogP contribution in [0.4, 0.5) is 0 Å². The second-order valence-electron chi connectivity index (χ2n) is 5.54. The Bertz CT molecular complexity index is 540. The Labute approximate surface area is 138 Å². The van der Waals surface area contributed by atoms with Gasteiger partial charge in [-0.2, -0.15) is 5.10 Å². The standard InChI is InChI=1S/C20H24N2O/c23-16-10-2-1-9-15-21-22(17-19-11-5-3-6-12-19)18-20-13-7-4-8-14-20/h3-8,11-16H,1-2,9-10,17-18H2. The van der Waals surface area contributed by atoms with Crippen LogP contribution in [0.1, 0.15) is 36.8 Å². The van der Waals surface area contributed by atoms with Crippen LogP contribution in [0.5, 0.6) is 0 Å². The van der Waals surface area contributed by atoms with E-state index in [9.17, 15) is 4.79 Å². The Balaban J connectivity index is 1.93. The molecule has 120 valence electrons. The van der Waals surface area contributed by atoms with E-state index in [2.05, 4.69) is 58.6 Å².